The average Bonchev–Trinajstić information content (AvgIpc) is 2.92. The third-order valence-corrected chi connectivity index (χ3v) is 5.19. The van der Waals surface area contributed by atoms with E-state index in [0.717, 1.165) is 12.8 Å². The normalized spacial score (nSPS) is 19.4. The predicted octanol–water partition coefficient (Wildman–Crippen LogP) is 1.60. The van der Waals surface area contributed by atoms with E-state index in [2.05, 4.69) is 4.72 Å². The Hall–Kier alpha value is -0.660. The molecular formula is C13H18ClNO4S. The van der Waals surface area contributed by atoms with Crippen LogP contribution in [0.2, 0.25) is 5.02 Å². The van der Waals surface area contributed by atoms with Crippen molar-refractivity contribution in [2.24, 2.45) is 0 Å². The summed E-state index contributed by atoms with van der Waals surface area (Å²) >= 11 is 5.91. The maximum atomic E-state index is 12.3. The van der Waals surface area contributed by atoms with Gasteiger partial charge >= 0.3 is 0 Å². The molecule has 1 aromatic carbocycles. The van der Waals surface area contributed by atoms with Gasteiger partial charge in [0, 0.05) is 18.2 Å². The summed E-state index contributed by atoms with van der Waals surface area (Å²) < 4.78 is 32.6. The fourth-order valence-electron chi connectivity index (χ4n) is 2.24. The zero-order valence-electron chi connectivity index (χ0n) is 11.2. The van der Waals surface area contributed by atoms with Gasteiger partial charge in [0.2, 0.25) is 10.0 Å². The number of hydrogen-bond donors (Lipinski definition) is 2. The predicted molar refractivity (Wildman–Crippen MR) is 76.3 cm³/mol. The molecule has 0 amide bonds. The van der Waals surface area contributed by atoms with Crippen LogP contribution in [0, 0.1) is 6.92 Å². The number of hydrogen-bond acceptors (Lipinski definition) is 4. The highest BCUT2D eigenvalue weighted by atomic mass is 35.5. The summed E-state index contributed by atoms with van der Waals surface area (Å²) in [6.07, 6.45) is 1.75. The van der Waals surface area contributed by atoms with Crippen molar-refractivity contribution in [1.82, 2.24) is 4.72 Å². The van der Waals surface area contributed by atoms with Crippen molar-refractivity contribution in [3.05, 3.63) is 28.3 Å². The summed E-state index contributed by atoms with van der Waals surface area (Å²) in [6, 6.07) is 2.96. The Balaban J connectivity index is 2.22. The molecule has 1 saturated heterocycles. The minimum absolute atomic E-state index is 0.0680. The van der Waals surface area contributed by atoms with Gasteiger partial charge < -0.3 is 9.84 Å². The van der Waals surface area contributed by atoms with Crippen LogP contribution < -0.4 is 4.72 Å². The van der Waals surface area contributed by atoms with E-state index in [1.165, 1.54) is 6.07 Å². The summed E-state index contributed by atoms with van der Waals surface area (Å²) in [5, 5.41) is 9.53. The second-order valence-electron chi connectivity index (χ2n) is 4.83. The highest BCUT2D eigenvalue weighted by Gasteiger charge is 2.22. The van der Waals surface area contributed by atoms with E-state index in [0.29, 0.717) is 17.7 Å². The molecule has 1 aliphatic heterocycles. The van der Waals surface area contributed by atoms with Gasteiger partial charge in [-0.3, -0.25) is 0 Å². The molecule has 1 heterocycles. The second-order valence-corrected chi connectivity index (χ2v) is 7.00. The minimum Gasteiger partial charge on any atom is -0.392 e. The van der Waals surface area contributed by atoms with Crippen LogP contribution in [0.15, 0.2) is 17.0 Å². The third kappa shape index (κ3) is 3.51. The van der Waals surface area contributed by atoms with Gasteiger partial charge in [-0.25, -0.2) is 13.1 Å². The van der Waals surface area contributed by atoms with Gasteiger partial charge in [0.05, 0.1) is 17.6 Å². The first-order valence-corrected chi connectivity index (χ1v) is 8.31. The Kier molecular flexibility index (Phi) is 5.04. The molecule has 0 aromatic heterocycles. The van der Waals surface area contributed by atoms with Gasteiger partial charge in [-0.2, -0.15) is 0 Å². The molecule has 1 aromatic rings. The maximum Gasteiger partial charge on any atom is 0.240 e. The van der Waals surface area contributed by atoms with Crippen LogP contribution in [0.5, 0.6) is 0 Å². The Morgan fingerprint density at radius 3 is 2.85 bits per heavy atom. The lowest BCUT2D eigenvalue weighted by molar-refractivity contribution is 0.114. The second kappa shape index (κ2) is 6.41. The SMILES string of the molecule is Cc1c(CO)cc(Cl)cc1S(=O)(=O)NCC1CCCO1. The van der Waals surface area contributed by atoms with E-state index >= 15 is 0 Å². The Morgan fingerprint density at radius 2 is 2.25 bits per heavy atom. The van der Waals surface area contributed by atoms with Crippen molar-refractivity contribution >= 4 is 21.6 Å². The van der Waals surface area contributed by atoms with Gasteiger partial charge in [-0.05, 0) is 43.0 Å². The summed E-state index contributed by atoms with van der Waals surface area (Å²) in [5.74, 6) is 0. The van der Waals surface area contributed by atoms with Crippen LogP contribution in [0.3, 0.4) is 0 Å². The van der Waals surface area contributed by atoms with Crippen LogP contribution in [0.4, 0.5) is 0 Å². The molecule has 1 atom stereocenters. The molecule has 7 heteroatoms. The van der Waals surface area contributed by atoms with Crippen molar-refractivity contribution in [3.8, 4) is 0 Å². The molecule has 0 spiro atoms. The molecule has 0 radical (unpaired) electrons. The Bertz CT molecular complexity index is 582. The topological polar surface area (TPSA) is 75.6 Å². The fraction of sp³-hybridized carbons (Fsp3) is 0.538. The fourth-order valence-corrected chi connectivity index (χ4v) is 3.92. The number of aliphatic hydroxyl groups excluding tert-OH is 1. The van der Waals surface area contributed by atoms with Gasteiger partial charge in [0.15, 0.2) is 0 Å². The van der Waals surface area contributed by atoms with E-state index in [1.54, 1.807) is 13.0 Å². The van der Waals surface area contributed by atoms with E-state index in [4.69, 9.17) is 16.3 Å². The molecule has 1 aliphatic rings. The summed E-state index contributed by atoms with van der Waals surface area (Å²) in [4.78, 5) is 0.104. The molecule has 5 nitrogen and oxygen atoms in total. The van der Waals surface area contributed by atoms with E-state index in [9.17, 15) is 13.5 Å². The Morgan fingerprint density at radius 1 is 1.50 bits per heavy atom. The van der Waals surface area contributed by atoms with Crippen LogP contribution >= 0.6 is 11.6 Å². The lowest BCUT2D eigenvalue weighted by atomic mass is 10.1. The monoisotopic (exact) mass is 319 g/mol. The number of benzene rings is 1. The quantitative estimate of drug-likeness (QED) is 0.864. The average molecular weight is 320 g/mol. The highest BCUT2D eigenvalue weighted by Crippen LogP contribution is 2.24. The van der Waals surface area contributed by atoms with Crippen molar-refractivity contribution < 1.29 is 18.3 Å². The summed E-state index contributed by atoms with van der Waals surface area (Å²) in [5.41, 5.74) is 1.02. The molecule has 1 unspecified atom stereocenters. The molecule has 0 bridgehead atoms. The first kappa shape index (κ1) is 15.7. The van der Waals surface area contributed by atoms with Crippen molar-refractivity contribution in [2.45, 2.75) is 37.4 Å². The number of nitrogens with one attached hydrogen (secondary N) is 1. The smallest absolute Gasteiger partial charge is 0.240 e. The number of rotatable bonds is 5. The standard InChI is InChI=1S/C13H18ClNO4S/c1-9-10(8-16)5-11(14)6-13(9)20(17,18)15-7-12-3-2-4-19-12/h5-6,12,15-16H,2-4,7-8H2,1H3. The lowest BCUT2D eigenvalue weighted by Gasteiger charge is -2.14. The Labute approximate surface area is 124 Å². The zero-order chi connectivity index (χ0) is 14.8. The maximum absolute atomic E-state index is 12.3. The summed E-state index contributed by atoms with van der Waals surface area (Å²) in [6.45, 7) is 2.34. The van der Waals surface area contributed by atoms with Crippen LogP contribution in [-0.4, -0.2) is 32.8 Å². The largest absolute Gasteiger partial charge is 0.392 e. The van der Waals surface area contributed by atoms with Crippen LogP contribution in [-0.2, 0) is 21.4 Å². The minimum atomic E-state index is -3.66. The number of aliphatic hydroxyl groups is 1. The summed E-state index contributed by atoms with van der Waals surface area (Å²) in [7, 11) is -3.66. The van der Waals surface area contributed by atoms with E-state index < -0.39 is 10.0 Å². The lowest BCUT2D eigenvalue weighted by Crippen LogP contribution is -2.32. The number of ether oxygens (including phenoxy) is 1. The van der Waals surface area contributed by atoms with Gasteiger partial charge in [0.25, 0.3) is 0 Å². The van der Waals surface area contributed by atoms with Gasteiger partial charge in [-0.15, -0.1) is 0 Å². The highest BCUT2D eigenvalue weighted by molar-refractivity contribution is 7.89. The molecule has 2 rings (SSSR count). The zero-order valence-corrected chi connectivity index (χ0v) is 12.8. The van der Waals surface area contributed by atoms with E-state index in [-0.39, 0.29) is 29.2 Å². The molecule has 20 heavy (non-hydrogen) atoms. The van der Waals surface area contributed by atoms with Gasteiger partial charge in [0.1, 0.15) is 0 Å². The number of halogens is 1. The van der Waals surface area contributed by atoms with Gasteiger partial charge in [-0.1, -0.05) is 11.6 Å². The molecule has 1 fully saturated rings. The number of sulfonamides is 1. The molecule has 2 N–H and O–H groups in total. The van der Waals surface area contributed by atoms with Crippen LogP contribution in [0.1, 0.15) is 24.0 Å². The molecular weight excluding hydrogens is 302 g/mol. The third-order valence-electron chi connectivity index (χ3n) is 3.42. The molecule has 0 saturated carbocycles. The first-order valence-electron chi connectivity index (χ1n) is 6.45. The van der Waals surface area contributed by atoms with Crippen molar-refractivity contribution in [1.29, 1.82) is 0 Å². The van der Waals surface area contributed by atoms with E-state index in [1.807, 2.05) is 0 Å². The van der Waals surface area contributed by atoms with Crippen molar-refractivity contribution in [3.63, 3.8) is 0 Å². The van der Waals surface area contributed by atoms with Crippen LogP contribution in [0.25, 0.3) is 0 Å². The molecule has 0 aliphatic carbocycles. The first-order chi connectivity index (χ1) is 9.44. The van der Waals surface area contributed by atoms with Crippen molar-refractivity contribution in [2.75, 3.05) is 13.2 Å². The molecule has 112 valence electrons.